The zero-order chi connectivity index (χ0) is 25.6. The molecule has 1 amide bonds. The molecule has 3 aromatic rings. The number of aliphatic carboxylic acids is 2. The van der Waals surface area contributed by atoms with Crippen LogP contribution in [0.25, 0.3) is 11.2 Å². The highest BCUT2D eigenvalue weighted by atomic mass is 19.1. The molecule has 0 radical (unpaired) electrons. The molecule has 0 aliphatic rings. The van der Waals surface area contributed by atoms with E-state index < -0.39 is 54.9 Å². The molecule has 184 valence electrons. The van der Waals surface area contributed by atoms with Crippen LogP contribution >= 0.6 is 0 Å². The van der Waals surface area contributed by atoms with E-state index in [1.807, 2.05) is 0 Å². The number of nitrogen functional groups attached to an aromatic ring is 1. The van der Waals surface area contributed by atoms with Gasteiger partial charge in [-0.05, 0) is 30.7 Å². The van der Waals surface area contributed by atoms with E-state index in [2.05, 4.69) is 30.6 Å². The number of H-pyrrole nitrogens is 1. The van der Waals surface area contributed by atoms with Gasteiger partial charge in [0.15, 0.2) is 11.2 Å². The maximum atomic E-state index is 13.0. The van der Waals surface area contributed by atoms with Gasteiger partial charge in [-0.1, -0.05) is 0 Å². The van der Waals surface area contributed by atoms with Crippen molar-refractivity contribution in [1.82, 2.24) is 25.3 Å². The fourth-order valence-electron chi connectivity index (χ4n) is 3.28. The number of alkyl halides is 1. The zero-order valence-corrected chi connectivity index (χ0v) is 18.2. The van der Waals surface area contributed by atoms with E-state index >= 15 is 0 Å². The number of hydrogen-bond acceptors (Lipinski definition) is 9. The second-order valence-corrected chi connectivity index (χ2v) is 7.59. The molecule has 35 heavy (non-hydrogen) atoms. The largest absolute Gasteiger partial charge is 0.481 e. The van der Waals surface area contributed by atoms with Crippen LogP contribution in [-0.4, -0.2) is 60.2 Å². The van der Waals surface area contributed by atoms with E-state index in [0.29, 0.717) is 11.4 Å². The number of carboxylic acids is 2. The Balaban J connectivity index is 1.69. The van der Waals surface area contributed by atoms with Crippen LogP contribution in [0.1, 0.15) is 35.3 Å². The van der Waals surface area contributed by atoms with E-state index in [4.69, 9.17) is 10.8 Å². The highest BCUT2D eigenvalue weighted by Gasteiger charge is 2.40. The molecule has 1 unspecified atom stereocenters. The predicted molar refractivity (Wildman–Crippen MR) is 121 cm³/mol. The molecular weight excluding hydrogens is 465 g/mol. The number of nitrogens with zero attached hydrogens (tertiary/aromatic N) is 3. The highest BCUT2D eigenvalue weighted by molar-refractivity contribution is 5.98. The average Bonchev–Trinajstić information content (AvgIpc) is 2.81. The van der Waals surface area contributed by atoms with Crippen LogP contribution in [0.4, 0.5) is 16.0 Å². The minimum absolute atomic E-state index is 0.0311. The lowest BCUT2D eigenvalue weighted by molar-refractivity contribution is -0.146. The number of anilines is 2. The summed E-state index contributed by atoms with van der Waals surface area (Å²) >= 11 is 0. The summed E-state index contributed by atoms with van der Waals surface area (Å²) in [6.07, 6.45) is -0.164. The number of halogens is 1. The van der Waals surface area contributed by atoms with Gasteiger partial charge in [0.05, 0.1) is 25.1 Å². The first-order valence-electron chi connectivity index (χ1n) is 10.3. The molecule has 0 aliphatic heterocycles. The molecule has 1 atom stereocenters. The Morgan fingerprint density at radius 3 is 2.46 bits per heavy atom. The molecular formula is C21H22FN7O6. The van der Waals surface area contributed by atoms with Gasteiger partial charge in [0, 0.05) is 24.1 Å². The maximum absolute atomic E-state index is 13.0. The Morgan fingerprint density at radius 1 is 1.11 bits per heavy atom. The lowest BCUT2D eigenvalue weighted by atomic mass is 9.89. The number of nitrogens with one attached hydrogen (secondary N) is 3. The van der Waals surface area contributed by atoms with E-state index in [1.54, 1.807) is 12.1 Å². The van der Waals surface area contributed by atoms with Gasteiger partial charge in [-0.2, -0.15) is 4.98 Å². The summed E-state index contributed by atoms with van der Waals surface area (Å²) in [6, 6.07) is 5.93. The van der Waals surface area contributed by atoms with Crippen LogP contribution < -0.4 is 21.9 Å². The Labute approximate surface area is 196 Å². The minimum Gasteiger partial charge on any atom is -0.481 e. The summed E-state index contributed by atoms with van der Waals surface area (Å²) in [4.78, 5) is 61.7. The van der Waals surface area contributed by atoms with Crippen LogP contribution in [0.5, 0.6) is 0 Å². The Bertz CT molecular complexity index is 1310. The van der Waals surface area contributed by atoms with Crippen LogP contribution in [0.15, 0.2) is 35.3 Å². The third kappa shape index (κ3) is 6.04. The minimum atomic E-state index is -2.05. The van der Waals surface area contributed by atoms with Gasteiger partial charge in [0.1, 0.15) is 5.54 Å². The fourth-order valence-corrected chi connectivity index (χ4v) is 3.28. The van der Waals surface area contributed by atoms with Crippen LogP contribution in [0, 0.1) is 0 Å². The van der Waals surface area contributed by atoms with Gasteiger partial charge < -0.3 is 26.6 Å². The molecule has 1 aromatic carbocycles. The highest BCUT2D eigenvalue weighted by Crippen LogP contribution is 2.21. The third-order valence-corrected chi connectivity index (χ3v) is 5.16. The monoisotopic (exact) mass is 487 g/mol. The zero-order valence-electron chi connectivity index (χ0n) is 18.2. The average molecular weight is 487 g/mol. The molecule has 0 aliphatic carbocycles. The van der Waals surface area contributed by atoms with Crippen molar-refractivity contribution in [3.05, 3.63) is 52.1 Å². The second-order valence-electron chi connectivity index (χ2n) is 7.59. The number of carboxylic acid groups (broad SMARTS) is 2. The van der Waals surface area contributed by atoms with Crippen molar-refractivity contribution >= 4 is 40.6 Å². The van der Waals surface area contributed by atoms with Gasteiger partial charge in [0.2, 0.25) is 5.95 Å². The van der Waals surface area contributed by atoms with Gasteiger partial charge in [-0.15, -0.1) is 0 Å². The Kier molecular flexibility index (Phi) is 7.53. The summed E-state index contributed by atoms with van der Waals surface area (Å²) in [5.41, 5.74) is 4.15. The standard InChI is InChI=1S/C21H22FN7O6/c22-8-7-21(19(34)35,6-5-14(30)31)29-17(32)11-1-3-12(4-2-11)24-9-13-10-25-16-15(26-13)18(33)28-20(23)27-16/h1-4,10,24H,5-9H2,(H,29,32)(H,30,31)(H,34,35)(H3,23,25,27,28,33). The normalized spacial score (nSPS) is 12.6. The van der Waals surface area contributed by atoms with Crippen molar-refractivity contribution in [1.29, 1.82) is 0 Å². The molecule has 0 saturated heterocycles. The van der Waals surface area contributed by atoms with Crippen molar-refractivity contribution in [3.63, 3.8) is 0 Å². The number of aromatic amines is 1. The van der Waals surface area contributed by atoms with Crippen molar-refractivity contribution in [2.24, 2.45) is 0 Å². The number of amides is 1. The topological polar surface area (TPSA) is 213 Å². The molecule has 7 N–H and O–H groups in total. The fraction of sp³-hybridized carbons (Fsp3) is 0.286. The molecule has 0 bridgehead atoms. The van der Waals surface area contributed by atoms with Crippen molar-refractivity contribution in [2.45, 2.75) is 31.3 Å². The quantitative estimate of drug-likeness (QED) is 0.221. The summed E-state index contributed by atoms with van der Waals surface area (Å²) in [5.74, 6) is -3.64. The summed E-state index contributed by atoms with van der Waals surface area (Å²) < 4.78 is 13.0. The molecule has 13 nitrogen and oxygen atoms in total. The lowest BCUT2D eigenvalue weighted by Crippen LogP contribution is -2.55. The molecule has 0 saturated carbocycles. The van der Waals surface area contributed by atoms with Gasteiger partial charge in [-0.3, -0.25) is 23.8 Å². The van der Waals surface area contributed by atoms with Crippen molar-refractivity contribution in [3.8, 4) is 0 Å². The number of hydrogen-bond donors (Lipinski definition) is 6. The van der Waals surface area contributed by atoms with E-state index in [-0.39, 0.29) is 29.2 Å². The predicted octanol–water partition coefficient (Wildman–Crippen LogP) is 0.685. The third-order valence-electron chi connectivity index (χ3n) is 5.16. The Hall–Kier alpha value is -4.62. The number of rotatable bonds is 11. The molecule has 0 spiro atoms. The van der Waals surface area contributed by atoms with E-state index in [0.717, 1.165) is 0 Å². The first-order valence-corrected chi connectivity index (χ1v) is 10.3. The van der Waals surface area contributed by atoms with Gasteiger partial charge in [-0.25, -0.2) is 14.8 Å². The van der Waals surface area contributed by atoms with Gasteiger partial charge in [0.25, 0.3) is 11.5 Å². The number of benzene rings is 1. The number of carbonyl (C=O) groups is 3. The van der Waals surface area contributed by atoms with E-state index in [9.17, 15) is 28.7 Å². The SMILES string of the molecule is Nc1nc2ncc(CNc3ccc(C(=O)NC(CCF)(CCC(=O)O)C(=O)O)cc3)nc2c(=O)[nH]1. The number of fused-ring (bicyclic) bond motifs is 1. The number of aromatic nitrogens is 4. The van der Waals surface area contributed by atoms with Gasteiger partial charge >= 0.3 is 11.9 Å². The van der Waals surface area contributed by atoms with Crippen molar-refractivity contribution < 1.29 is 29.0 Å². The number of carbonyl (C=O) groups excluding carboxylic acids is 1. The van der Waals surface area contributed by atoms with E-state index in [1.165, 1.54) is 18.3 Å². The smallest absolute Gasteiger partial charge is 0.329 e. The molecule has 0 fully saturated rings. The second kappa shape index (κ2) is 10.5. The summed E-state index contributed by atoms with van der Waals surface area (Å²) in [7, 11) is 0. The van der Waals surface area contributed by atoms with Crippen LogP contribution in [-0.2, 0) is 16.1 Å². The molecule has 2 heterocycles. The van der Waals surface area contributed by atoms with Crippen LogP contribution in [0.2, 0.25) is 0 Å². The Morgan fingerprint density at radius 2 is 1.83 bits per heavy atom. The molecule has 3 rings (SSSR count). The summed E-state index contributed by atoms with van der Waals surface area (Å²) in [6.45, 7) is -0.867. The van der Waals surface area contributed by atoms with Crippen LogP contribution in [0.3, 0.4) is 0 Å². The van der Waals surface area contributed by atoms with Crippen molar-refractivity contribution in [2.75, 3.05) is 17.7 Å². The first-order chi connectivity index (χ1) is 16.6. The number of nitrogens with two attached hydrogens (primary N) is 1. The maximum Gasteiger partial charge on any atom is 0.329 e. The lowest BCUT2D eigenvalue weighted by Gasteiger charge is -2.29. The first kappa shape index (κ1) is 25.0. The molecule has 2 aromatic heterocycles. The summed E-state index contributed by atoms with van der Waals surface area (Å²) in [5, 5.41) is 23.8. The molecule has 14 heteroatoms.